The van der Waals surface area contributed by atoms with E-state index in [4.69, 9.17) is 19.3 Å². The summed E-state index contributed by atoms with van der Waals surface area (Å²) in [5.41, 5.74) is 0.393. The minimum atomic E-state index is -1.07. The molecule has 0 saturated carbocycles. The van der Waals surface area contributed by atoms with Crippen LogP contribution in [0.5, 0.6) is 0 Å². The molecule has 214 valence electrons. The molecule has 0 aliphatic carbocycles. The van der Waals surface area contributed by atoms with Crippen molar-refractivity contribution in [1.82, 2.24) is 16.0 Å². The van der Waals surface area contributed by atoms with Crippen LogP contribution in [-0.2, 0) is 30.4 Å². The van der Waals surface area contributed by atoms with E-state index in [9.17, 15) is 19.2 Å². The Morgan fingerprint density at radius 3 is 2.33 bits per heavy atom. The molecule has 4 N–H and O–H groups in total. The molecule has 0 heterocycles. The molecule has 1 atom stereocenters. The van der Waals surface area contributed by atoms with Crippen molar-refractivity contribution < 1.29 is 38.5 Å². The number of rotatable bonds is 15. The topological polar surface area (TPSA) is 152 Å². The van der Waals surface area contributed by atoms with E-state index in [1.165, 1.54) is 25.3 Å². The van der Waals surface area contributed by atoms with Gasteiger partial charge in [-0.15, -0.1) is 0 Å². The third-order valence-corrected chi connectivity index (χ3v) is 4.93. The van der Waals surface area contributed by atoms with Gasteiger partial charge in [0.05, 0.1) is 7.11 Å². The number of amides is 3. The van der Waals surface area contributed by atoms with Crippen molar-refractivity contribution >= 4 is 24.1 Å². The van der Waals surface area contributed by atoms with Crippen LogP contribution in [0.15, 0.2) is 66.6 Å². The Morgan fingerprint density at radius 2 is 1.74 bits per heavy atom. The van der Waals surface area contributed by atoms with E-state index in [1.54, 1.807) is 20.8 Å². The van der Waals surface area contributed by atoms with Crippen molar-refractivity contribution in [2.75, 3.05) is 13.7 Å². The minimum Gasteiger partial charge on any atom is -0.500 e. The first-order valence-corrected chi connectivity index (χ1v) is 12.5. The van der Waals surface area contributed by atoms with Gasteiger partial charge in [0.15, 0.2) is 0 Å². The molecule has 1 aromatic rings. The lowest BCUT2D eigenvalue weighted by molar-refractivity contribution is -0.136. The van der Waals surface area contributed by atoms with Crippen LogP contribution in [0.3, 0.4) is 0 Å². The van der Waals surface area contributed by atoms with Crippen molar-refractivity contribution in [2.24, 2.45) is 0 Å². The van der Waals surface area contributed by atoms with Crippen LogP contribution in [0.1, 0.15) is 52.0 Å². The maximum absolute atomic E-state index is 13.0. The molecule has 11 nitrogen and oxygen atoms in total. The molecule has 11 heteroatoms. The molecule has 0 aliphatic heterocycles. The van der Waals surface area contributed by atoms with Crippen LogP contribution in [0.4, 0.5) is 9.59 Å². The number of ether oxygens (including phenoxy) is 3. The average molecular weight is 546 g/mol. The summed E-state index contributed by atoms with van der Waals surface area (Å²) < 4.78 is 15.5. The predicted molar refractivity (Wildman–Crippen MR) is 145 cm³/mol. The first-order valence-electron chi connectivity index (χ1n) is 12.5. The molecule has 0 bridgehead atoms. The second-order valence-electron chi connectivity index (χ2n) is 9.41. The fourth-order valence-corrected chi connectivity index (χ4v) is 3.08. The highest BCUT2D eigenvalue weighted by atomic mass is 16.6. The molecule has 1 aromatic carbocycles. The fourth-order valence-electron chi connectivity index (χ4n) is 3.08. The standard InChI is InChI=1S/C28H39N3O8/c1-6-21(15-16-22(37-5)18-24(32)33)30-25(34)23(31-27(36)39-28(2,3)4)14-10-11-17-29-26(35)38-19-20-12-8-7-9-13-20/h6-9,12-13,15-16,23H,1,10-11,14,17-19H2,2-5H3,(H,29,35)(H,30,34)(H,31,36)(H,32,33)/b21-15+,22-16+/t23-/m0/s1. The van der Waals surface area contributed by atoms with Crippen molar-refractivity contribution in [3.8, 4) is 0 Å². The van der Waals surface area contributed by atoms with Gasteiger partial charge in [0.25, 0.3) is 0 Å². The molecule has 0 aromatic heterocycles. The van der Waals surface area contributed by atoms with E-state index >= 15 is 0 Å². The van der Waals surface area contributed by atoms with Gasteiger partial charge in [-0.2, -0.15) is 0 Å². The van der Waals surface area contributed by atoms with E-state index in [-0.39, 0.29) is 30.9 Å². The number of aliphatic carboxylic acids is 1. The number of allylic oxidation sites excluding steroid dienone is 3. The van der Waals surface area contributed by atoms with Gasteiger partial charge >= 0.3 is 18.2 Å². The Kier molecular flexibility index (Phi) is 14.5. The summed E-state index contributed by atoms with van der Waals surface area (Å²) in [5.74, 6) is -1.41. The normalized spacial score (nSPS) is 12.5. The average Bonchev–Trinajstić information content (AvgIpc) is 2.87. The number of carbonyl (C=O) groups is 4. The summed E-state index contributed by atoms with van der Waals surface area (Å²) in [6.45, 7) is 9.25. The van der Waals surface area contributed by atoms with Gasteiger partial charge in [-0.05, 0) is 63.8 Å². The molecule has 3 amide bonds. The zero-order valence-electron chi connectivity index (χ0n) is 23.0. The molecule has 0 radical (unpaired) electrons. The number of carbonyl (C=O) groups excluding carboxylic acids is 3. The Balaban J connectivity index is 2.71. The number of alkyl carbamates (subject to hydrolysis) is 2. The second kappa shape index (κ2) is 17.3. The fraction of sp³-hybridized carbons (Fsp3) is 0.429. The van der Waals surface area contributed by atoms with Gasteiger partial charge in [-0.25, -0.2) is 9.59 Å². The Hall–Kier alpha value is -4.28. The highest BCUT2D eigenvalue weighted by Crippen LogP contribution is 2.10. The van der Waals surface area contributed by atoms with Gasteiger partial charge in [-0.3, -0.25) is 9.59 Å². The SMILES string of the molecule is C=C/C(=C\C=C(/CC(=O)O)OC)NC(=O)[C@H](CCCCNC(=O)OCc1ccccc1)NC(=O)OC(C)(C)C. The van der Waals surface area contributed by atoms with E-state index < -0.39 is 35.7 Å². The largest absolute Gasteiger partial charge is 0.500 e. The smallest absolute Gasteiger partial charge is 0.408 e. The van der Waals surface area contributed by atoms with Crippen LogP contribution in [0, 0.1) is 0 Å². The Bertz CT molecular complexity index is 1030. The summed E-state index contributed by atoms with van der Waals surface area (Å²) in [6, 6.07) is 8.35. The van der Waals surface area contributed by atoms with Gasteiger partial charge in [0.1, 0.15) is 30.4 Å². The van der Waals surface area contributed by atoms with Gasteiger partial charge in [0.2, 0.25) is 5.91 Å². The first kappa shape index (κ1) is 32.7. The number of nitrogens with one attached hydrogen (secondary N) is 3. The summed E-state index contributed by atoms with van der Waals surface area (Å²) in [6.07, 6.45) is 3.87. The van der Waals surface area contributed by atoms with Crippen LogP contribution in [-0.4, -0.2) is 54.5 Å². The lowest BCUT2D eigenvalue weighted by Crippen LogP contribution is -2.47. The molecule has 39 heavy (non-hydrogen) atoms. The number of unbranched alkanes of at least 4 members (excludes halogenated alkanes) is 1. The van der Waals surface area contributed by atoms with Crippen LogP contribution >= 0.6 is 0 Å². The van der Waals surface area contributed by atoms with Crippen LogP contribution in [0.2, 0.25) is 0 Å². The molecule has 0 aliphatic rings. The monoisotopic (exact) mass is 545 g/mol. The molecular formula is C28H39N3O8. The minimum absolute atomic E-state index is 0.158. The third kappa shape index (κ3) is 15.5. The summed E-state index contributed by atoms with van der Waals surface area (Å²) >= 11 is 0. The first-order chi connectivity index (χ1) is 18.4. The van der Waals surface area contributed by atoms with E-state index in [1.807, 2.05) is 30.3 Å². The number of carboxylic acids is 1. The van der Waals surface area contributed by atoms with E-state index in [0.29, 0.717) is 19.4 Å². The molecule has 0 unspecified atom stereocenters. The van der Waals surface area contributed by atoms with Crippen LogP contribution < -0.4 is 16.0 Å². The third-order valence-electron chi connectivity index (χ3n) is 4.93. The van der Waals surface area contributed by atoms with Crippen molar-refractivity contribution in [1.29, 1.82) is 0 Å². The highest BCUT2D eigenvalue weighted by Gasteiger charge is 2.24. The van der Waals surface area contributed by atoms with Gasteiger partial charge < -0.3 is 35.3 Å². The lowest BCUT2D eigenvalue weighted by atomic mass is 10.1. The summed E-state index contributed by atoms with van der Waals surface area (Å²) in [4.78, 5) is 48.2. The molecule has 0 saturated heterocycles. The van der Waals surface area contributed by atoms with Crippen molar-refractivity contribution in [3.05, 3.63) is 72.2 Å². The summed E-state index contributed by atoms with van der Waals surface area (Å²) in [7, 11) is 1.34. The van der Waals surface area contributed by atoms with Gasteiger partial charge in [-0.1, -0.05) is 36.9 Å². The maximum Gasteiger partial charge on any atom is 0.408 e. The van der Waals surface area contributed by atoms with Crippen molar-refractivity contribution in [2.45, 2.75) is 64.7 Å². The Labute approximate surface area is 229 Å². The van der Waals surface area contributed by atoms with Gasteiger partial charge in [0, 0.05) is 12.2 Å². The molecular weight excluding hydrogens is 506 g/mol. The quantitative estimate of drug-likeness (QED) is 0.146. The molecule has 1 rings (SSSR count). The summed E-state index contributed by atoms with van der Waals surface area (Å²) in [5, 5.41) is 16.8. The highest BCUT2D eigenvalue weighted by molar-refractivity contribution is 5.87. The second-order valence-corrected chi connectivity index (χ2v) is 9.41. The van der Waals surface area contributed by atoms with Crippen molar-refractivity contribution in [3.63, 3.8) is 0 Å². The van der Waals surface area contributed by atoms with E-state index in [2.05, 4.69) is 22.5 Å². The number of hydrogen-bond donors (Lipinski definition) is 4. The Morgan fingerprint density at radius 1 is 1.05 bits per heavy atom. The maximum atomic E-state index is 13.0. The molecule has 0 spiro atoms. The lowest BCUT2D eigenvalue weighted by Gasteiger charge is -2.23. The van der Waals surface area contributed by atoms with Crippen LogP contribution in [0.25, 0.3) is 0 Å². The predicted octanol–water partition coefficient (Wildman–Crippen LogP) is 4.17. The zero-order valence-corrected chi connectivity index (χ0v) is 23.0. The number of hydrogen-bond acceptors (Lipinski definition) is 7. The number of benzene rings is 1. The van der Waals surface area contributed by atoms with E-state index in [0.717, 1.165) is 5.56 Å². The number of carboxylic acid groups (broad SMARTS) is 1. The number of methoxy groups -OCH3 is 1. The molecule has 0 fully saturated rings. The zero-order chi connectivity index (χ0) is 29.3.